The monoisotopic (exact) mass is 314 g/mol. The van der Waals surface area contributed by atoms with Gasteiger partial charge in [-0.3, -0.25) is 0 Å². The van der Waals surface area contributed by atoms with Crippen molar-refractivity contribution >= 4 is 17.7 Å². The average Bonchev–Trinajstić information content (AvgIpc) is 2.54. The van der Waals surface area contributed by atoms with E-state index in [1.165, 1.54) is 0 Å². The molecule has 1 amide bonds. The first-order valence-electron chi connectivity index (χ1n) is 6.80. The van der Waals surface area contributed by atoms with E-state index in [9.17, 15) is 4.79 Å². The fourth-order valence-electron chi connectivity index (χ4n) is 1.63. The predicted molar refractivity (Wildman–Crippen MR) is 85.4 cm³/mol. The van der Waals surface area contributed by atoms with Crippen LogP contribution in [0.5, 0.6) is 0 Å². The smallest absolute Gasteiger partial charge is 0.407 e. The first-order chi connectivity index (χ1) is 10.7. The molecule has 0 bridgehead atoms. The van der Waals surface area contributed by atoms with E-state index in [0.717, 1.165) is 5.56 Å². The molecule has 4 nitrogen and oxygen atoms in total. The van der Waals surface area contributed by atoms with Gasteiger partial charge in [0.1, 0.15) is 17.5 Å². The molecular weight excluding hydrogens is 300 g/mol. The van der Waals surface area contributed by atoms with Gasteiger partial charge in [0.05, 0.1) is 0 Å². The molecule has 1 N–H and O–H groups in total. The Labute approximate surface area is 134 Å². The minimum absolute atomic E-state index is 0.255. The summed E-state index contributed by atoms with van der Waals surface area (Å²) < 4.78 is 5.08. The van der Waals surface area contributed by atoms with Gasteiger partial charge in [0.15, 0.2) is 0 Å². The minimum atomic E-state index is -0.452. The third kappa shape index (κ3) is 5.86. The summed E-state index contributed by atoms with van der Waals surface area (Å²) in [6, 6.07) is 14.8. The third-order valence-corrected chi connectivity index (χ3v) is 2.87. The molecule has 0 aliphatic carbocycles. The van der Waals surface area contributed by atoms with Crippen LogP contribution >= 0.6 is 11.6 Å². The zero-order valence-electron chi connectivity index (χ0n) is 11.9. The van der Waals surface area contributed by atoms with Crippen LogP contribution in [0.3, 0.4) is 0 Å². The van der Waals surface area contributed by atoms with Gasteiger partial charge in [0.2, 0.25) is 0 Å². The Morgan fingerprint density at radius 3 is 2.77 bits per heavy atom. The zero-order valence-corrected chi connectivity index (χ0v) is 12.6. The lowest BCUT2D eigenvalue weighted by molar-refractivity contribution is 0.140. The van der Waals surface area contributed by atoms with Crippen molar-refractivity contribution in [3.8, 4) is 11.8 Å². The maximum Gasteiger partial charge on any atom is 0.407 e. The van der Waals surface area contributed by atoms with Gasteiger partial charge in [-0.15, -0.1) is 0 Å². The van der Waals surface area contributed by atoms with E-state index < -0.39 is 6.09 Å². The zero-order chi connectivity index (χ0) is 15.6. The highest BCUT2D eigenvalue weighted by atomic mass is 35.5. The molecule has 2 rings (SSSR count). The molecule has 0 aliphatic heterocycles. The molecular formula is C17H15ClN2O2. The van der Waals surface area contributed by atoms with Crippen molar-refractivity contribution in [2.45, 2.75) is 13.0 Å². The molecule has 0 fully saturated rings. The summed E-state index contributed by atoms with van der Waals surface area (Å²) in [7, 11) is 0. The number of benzene rings is 1. The number of carbonyl (C=O) groups is 1. The van der Waals surface area contributed by atoms with E-state index >= 15 is 0 Å². The number of alkyl carbamates (subject to hydrolysis) is 1. The maximum atomic E-state index is 11.5. The topological polar surface area (TPSA) is 51.2 Å². The first-order valence-corrected chi connectivity index (χ1v) is 7.18. The lowest BCUT2D eigenvalue weighted by atomic mass is 10.2. The quantitative estimate of drug-likeness (QED) is 0.534. The van der Waals surface area contributed by atoms with Crippen molar-refractivity contribution in [1.29, 1.82) is 0 Å². The number of aromatic nitrogens is 1. The summed E-state index contributed by atoms with van der Waals surface area (Å²) in [4.78, 5) is 15.5. The number of carbonyl (C=O) groups excluding carboxylic acids is 1. The van der Waals surface area contributed by atoms with Gasteiger partial charge in [-0.2, -0.15) is 0 Å². The molecule has 0 saturated carbocycles. The van der Waals surface area contributed by atoms with E-state index in [1.54, 1.807) is 18.2 Å². The van der Waals surface area contributed by atoms with Crippen LogP contribution in [0.15, 0.2) is 48.5 Å². The number of hydrogen-bond acceptors (Lipinski definition) is 3. The van der Waals surface area contributed by atoms with Crippen molar-refractivity contribution < 1.29 is 9.53 Å². The highest BCUT2D eigenvalue weighted by Crippen LogP contribution is 2.03. The molecule has 0 saturated heterocycles. The van der Waals surface area contributed by atoms with Crippen LogP contribution in [0.2, 0.25) is 5.15 Å². The molecule has 2 aromatic rings. The van der Waals surface area contributed by atoms with Crippen molar-refractivity contribution in [3.63, 3.8) is 0 Å². The summed E-state index contributed by atoms with van der Waals surface area (Å²) in [6.45, 7) is 0.673. The van der Waals surface area contributed by atoms with Gasteiger partial charge in [-0.1, -0.05) is 53.9 Å². The van der Waals surface area contributed by atoms with Crippen molar-refractivity contribution in [2.75, 3.05) is 6.54 Å². The number of nitrogens with one attached hydrogen (secondary N) is 1. The second-order valence-corrected chi connectivity index (χ2v) is 4.77. The van der Waals surface area contributed by atoms with Crippen LogP contribution in [-0.4, -0.2) is 17.6 Å². The normalized spacial score (nSPS) is 9.50. The van der Waals surface area contributed by atoms with Gasteiger partial charge in [0.25, 0.3) is 0 Å². The molecule has 0 spiro atoms. The molecule has 112 valence electrons. The number of halogens is 1. The van der Waals surface area contributed by atoms with Gasteiger partial charge >= 0.3 is 6.09 Å². The summed E-state index contributed by atoms with van der Waals surface area (Å²) in [5, 5.41) is 3.05. The first kappa shape index (κ1) is 15.9. The van der Waals surface area contributed by atoms with Gasteiger partial charge < -0.3 is 10.1 Å². The average molecular weight is 315 g/mol. The Morgan fingerprint density at radius 1 is 1.18 bits per heavy atom. The van der Waals surface area contributed by atoms with Crippen molar-refractivity contribution in [2.24, 2.45) is 0 Å². The van der Waals surface area contributed by atoms with Gasteiger partial charge in [-0.25, -0.2) is 9.78 Å². The van der Waals surface area contributed by atoms with Crippen LogP contribution in [-0.2, 0) is 11.3 Å². The third-order valence-electron chi connectivity index (χ3n) is 2.66. The summed E-state index contributed by atoms with van der Waals surface area (Å²) in [6.07, 6.45) is 0.0563. The van der Waals surface area contributed by atoms with E-state index in [-0.39, 0.29) is 6.61 Å². The summed E-state index contributed by atoms with van der Waals surface area (Å²) >= 11 is 5.76. The molecule has 0 radical (unpaired) electrons. The van der Waals surface area contributed by atoms with Crippen LogP contribution in [0.25, 0.3) is 0 Å². The molecule has 0 atom stereocenters. The van der Waals surface area contributed by atoms with Crippen LogP contribution < -0.4 is 5.32 Å². The SMILES string of the molecule is O=C(NCCC#Cc1cccc(Cl)n1)OCc1ccccc1. The summed E-state index contributed by atoms with van der Waals surface area (Å²) in [5.74, 6) is 5.80. The molecule has 22 heavy (non-hydrogen) atoms. The largest absolute Gasteiger partial charge is 0.445 e. The Kier molecular flexibility index (Phi) is 6.28. The van der Waals surface area contributed by atoms with E-state index in [4.69, 9.17) is 16.3 Å². The van der Waals surface area contributed by atoms with E-state index in [1.807, 2.05) is 30.3 Å². The number of rotatable bonds is 4. The second kappa shape index (κ2) is 8.71. The molecule has 0 unspecified atom stereocenters. The Hall–Kier alpha value is -2.51. The number of pyridine rings is 1. The molecule has 1 aromatic carbocycles. The number of amides is 1. The minimum Gasteiger partial charge on any atom is -0.445 e. The summed E-state index contributed by atoms with van der Waals surface area (Å²) in [5.41, 5.74) is 1.56. The fraction of sp³-hybridized carbons (Fsp3) is 0.176. The molecule has 5 heteroatoms. The van der Waals surface area contributed by atoms with Gasteiger partial charge in [-0.05, 0) is 23.6 Å². The molecule has 1 aromatic heterocycles. The van der Waals surface area contributed by atoms with Crippen molar-refractivity contribution in [1.82, 2.24) is 10.3 Å². The number of nitrogens with zero attached hydrogens (tertiary/aromatic N) is 1. The Balaban J connectivity index is 1.65. The predicted octanol–water partition coefficient (Wildman–Crippen LogP) is 3.40. The lowest BCUT2D eigenvalue weighted by Gasteiger charge is -2.05. The number of ether oxygens (including phenoxy) is 1. The number of hydrogen-bond donors (Lipinski definition) is 1. The Bertz CT molecular complexity index is 678. The van der Waals surface area contributed by atoms with E-state index in [0.29, 0.717) is 23.8 Å². The molecule has 0 aliphatic rings. The standard InChI is InChI=1S/C17H15ClN2O2/c18-16-11-6-10-15(20-16)9-4-5-12-19-17(21)22-13-14-7-2-1-3-8-14/h1-3,6-8,10-11H,5,12-13H2,(H,19,21). The fourth-order valence-corrected chi connectivity index (χ4v) is 1.80. The van der Waals surface area contributed by atoms with Crippen LogP contribution in [0.1, 0.15) is 17.7 Å². The van der Waals surface area contributed by atoms with Crippen LogP contribution in [0.4, 0.5) is 4.79 Å². The van der Waals surface area contributed by atoms with Crippen molar-refractivity contribution in [3.05, 3.63) is 64.9 Å². The highest BCUT2D eigenvalue weighted by molar-refractivity contribution is 6.29. The van der Waals surface area contributed by atoms with Gasteiger partial charge in [0, 0.05) is 13.0 Å². The van der Waals surface area contributed by atoms with Crippen LogP contribution in [0, 0.1) is 11.8 Å². The highest BCUT2D eigenvalue weighted by Gasteiger charge is 2.00. The van der Waals surface area contributed by atoms with E-state index in [2.05, 4.69) is 22.1 Å². The Morgan fingerprint density at radius 2 is 2.00 bits per heavy atom. The lowest BCUT2D eigenvalue weighted by Crippen LogP contribution is -2.24. The maximum absolute atomic E-state index is 11.5. The molecule has 1 heterocycles. The second-order valence-electron chi connectivity index (χ2n) is 4.39.